The quantitative estimate of drug-likeness (QED) is 0.480. The van der Waals surface area contributed by atoms with Crippen molar-refractivity contribution < 1.29 is 27.1 Å². The minimum absolute atomic E-state index is 0.177. The van der Waals surface area contributed by atoms with Crippen molar-refractivity contribution in [3.63, 3.8) is 0 Å². The molecule has 9 heteroatoms. The highest BCUT2D eigenvalue weighted by Gasteiger charge is 2.37. The lowest BCUT2D eigenvalue weighted by molar-refractivity contribution is -0.140. The van der Waals surface area contributed by atoms with Crippen molar-refractivity contribution in [2.24, 2.45) is 11.8 Å². The van der Waals surface area contributed by atoms with Gasteiger partial charge in [-0.3, -0.25) is 11.3 Å². The van der Waals surface area contributed by atoms with Crippen LogP contribution in [0.2, 0.25) is 0 Å². The molecule has 1 fully saturated rings. The molecule has 0 saturated carbocycles. The van der Waals surface area contributed by atoms with Crippen LogP contribution in [0.15, 0.2) is 18.2 Å². The molecule has 3 N–H and O–H groups in total. The molecule has 1 saturated heterocycles. The Kier molecular flexibility index (Phi) is 5.82. The van der Waals surface area contributed by atoms with Crippen molar-refractivity contribution in [1.82, 2.24) is 10.3 Å². The van der Waals surface area contributed by atoms with Gasteiger partial charge in [0.25, 0.3) is 0 Å². The van der Waals surface area contributed by atoms with Gasteiger partial charge in [0, 0.05) is 13.1 Å². The molecule has 1 heterocycles. The average molecular weight is 377 g/mol. The number of nitrogens with two attached hydrogens (primary N) is 1. The van der Waals surface area contributed by atoms with Crippen molar-refractivity contribution in [1.29, 1.82) is 0 Å². The van der Waals surface area contributed by atoms with Crippen LogP contribution in [0.3, 0.4) is 0 Å². The summed E-state index contributed by atoms with van der Waals surface area (Å²) >= 11 is 0. The fraction of sp³-hybridized carbons (Fsp3) is 0.588. The molecule has 26 heavy (non-hydrogen) atoms. The maximum absolute atomic E-state index is 13.8. The molecule has 2 unspecified atom stereocenters. The summed E-state index contributed by atoms with van der Waals surface area (Å²) in [4.78, 5) is 13.6. The van der Waals surface area contributed by atoms with Crippen LogP contribution in [0.5, 0.6) is 0 Å². The Morgan fingerprint density at radius 1 is 1.35 bits per heavy atom. The number of carbonyl (C=O) groups excluding carboxylic acids is 1. The molecule has 1 aliphatic rings. The number of alkyl halides is 3. The lowest BCUT2D eigenvalue weighted by Gasteiger charge is -2.26. The van der Waals surface area contributed by atoms with Gasteiger partial charge in [0.1, 0.15) is 11.4 Å². The van der Waals surface area contributed by atoms with Crippen molar-refractivity contribution >= 4 is 6.09 Å². The fourth-order valence-corrected chi connectivity index (χ4v) is 3.01. The molecule has 1 amide bonds. The fourth-order valence-electron chi connectivity index (χ4n) is 3.01. The second-order valence-corrected chi connectivity index (χ2v) is 7.36. The maximum Gasteiger partial charge on any atom is 0.419 e. The zero-order chi connectivity index (χ0) is 19.7. The van der Waals surface area contributed by atoms with E-state index in [0.717, 1.165) is 6.07 Å². The average Bonchev–Trinajstić information content (AvgIpc) is 2.95. The molecular formula is C17H23F4N3O2. The number of hydrazine groups is 1. The van der Waals surface area contributed by atoms with E-state index in [0.29, 0.717) is 31.1 Å². The van der Waals surface area contributed by atoms with Crippen LogP contribution in [-0.4, -0.2) is 29.7 Å². The van der Waals surface area contributed by atoms with Gasteiger partial charge < -0.3 is 9.64 Å². The lowest BCUT2D eigenvalue weighted by Crippen LogP contribution is -2.38. The molecule has 0 spiro atoms. The summed E-state index contributed by atoms with van der Waals surface area (Å²) in [5.41, 5.74) is 0.879. The predicted molar refractivity (Wildman–Crippen MR) is 87.4 cm³/mol. The van der Waals surface area contributed by atoms with E-state index in [1.807, 2.05) is 0 Å². The maximum atomic E-state index is 13.8. The Morgan fingerprint density at radius 2 is 2.00 bits per heavy atom. The third-order valence-corrected chi connectivity index (χ3v) is 4.19. The molecular weight excluding hydrogens is 354 g/mol. The SMILES string of the molecule is CC(C)(C)OC(=O)N1CCC(C(NN)c2ccc(C(F)(F)F)c(F)c2)C1. The van der Waals surface area contributed by atoms with E-state index in [1.54, 1.807) is 20.8 Å². The highest BCUT2D eigenvalue weighted by atomic mass is 19.4. The largest absolute Gasteiger partial charge is 0.444 e. The number of benzene rings is 1. The normalized spacial score (nSPS) is 19.5. The van der Waals surface area contributed by atoms with E-state index >= 15 is 0 Å². The number of halogens is 4. The first-order valence-corrected chi connectivity index (χ1v) is 8.23. The van der Waals surface area contributed by atoms with E-state index < -0.39 is 35.3 Å². The number of carbonyl (C=O) groups is 1. The molecule has 0 aliphatic carbocycles. The molecule has 1 aliphatic heterocycles. The summed E-state index contributed by atoms with van der Waals surface area (Å²) in [5, 5.41) is 0. The summed E-state index contributed by atoms with van der Waals surface area (Å²) < 4.78 is 57.3. The topological polar surface area (TPSA) is 67.6 Å². The molecule has 1 aromatic rings. The Morgan fingerprint density at radius 3 is 2.50 bits per heavy atom. The van der Waals surface area contributed by atoms with Gasteiger partial charge in [-0.2, -0.15) is 13.2 Å². The zero-order valence-electron chi connectivity index (χ0n) is 14.9. The van der Waals surface area contributed by atoms with E-state index in [4.69, 9.17) is 10.6 Å². The lowest BCUT2D eigenvalue weighted by atomic mass is 9.92. The van der Waals surface area contributed by atoms with Crippen molar-refractivity contribution in [3.8, 4) is 0 Å². The highest BCUT2D eigenvalue weighted by molar-refractivity contribution is 5.68. The molecule has 0 aromatic heterocycles. The van der Waals surface area contributed by atoms with Crippen molar-refractivity contribution in [2.75, 3.05) is 13.1 Å². The number of nitrogens with one attached hydrogen (secondary N) is 1. The number of nitrogens with zero attached hydrogens (tertiary/aromatic N) is 1. The summed E-state index contributed by atoms with van der Waals surface area (Å²) in [6.07, 6.45) is -4.65. The van der Waals surface area contributed by atoms with Crippen LogP contribution in [0.1, 0.15) is 44.4 Å². The summed E-state index contributed by atoms with van der Waals surface area (Å²) in [6, 6.07) is 2.16. The smallest absolute Gasteiger partial charge is 0.419 e. The second-order valence-electron chi connectivity index (χ2n) is 7.36. The Bertz CT molecular complexity index is 658. The Labute approximate surface area is 149 Å². The predicted octanol–water partition coefficient (Wildman–Crippen LogP) is 3.61. The first kappa shape index (κ1) is 20.4. The standard InChI is InChI=1S/C17H23F4N3O2/c1-16(2,3)26-15(25)24-7-6-11(9-24)14(23-22)10-4-5-12(13(18)8-10)17(19,20)21/h4-5,8,11,14,23H,6-7,9,22H2,1-3H3. The van der Waals surface area contributed by atoms with Gasteiger partial charge in [0.15, 0.2) is 0 Å². The van der Waals surface area contributed by atoms with E-state index in [-0.39, 0.29) is 5.92 Å². The van der Waals surface area contributed by atoms with E-state index in [1.165, 1.54) is 11.0 Å². The monoisotopic (exact) mass is 377 g/mol. The summed E-state index contributed by atoms with van der Waals surface area (Å²) in [6.45, 7) is 6.02. The second kappa shape index (κ2) is 7.40. The Balaban J connectivity index is 2.12. The number of rotatable bonds is 3. The van der Waals surface area contributed by atoms with Crippen LogP contribution in [-0.2, 0) is 10.9 Å². The van der Waals surface area contributed by atoms with Gasteiger partial charge in [-0.25, -0.2) is 9.18 Å². The van der Waals surface area contributed by atoms with Crippen molar-refractivity contribution in [3.05, 3.63) is 35.1 Å². The Hall–Kier alpha value is -1.87. The van der Waals surface area contributed by atoms with Crippen LogP contribution >= 0.6 is 0 Å². The number of hydrogen-bond donors (Lipinski definition) is 2. The first-order valence-electron chi connectivity index (χ1n) is 8.23. The van der Waals surface area contributed by atoms with Crippen LogP contribution in [0, 0.1) is 11.7 Å². The molecule has 2 atom stereocenters. The number of hydrogen-bond acceptors (Lipinski definition) is 4. The number of amides is 1. The van der Waals surface area contributed by atoms with Crippen LogP contribution < -0.4 is 11.3 Å². The van der Waals surface area contributed by atoms with Crippen molar-refractivity contribution in [2.45, 2.75) is 45.0 Å². The summed E-state index contributed by atoms with van der Waals surface area (Å²) in [7, 11) is 0. The molecule has 0 radical (unpaired) electrons. The summed E-state index contributed by atoms with van der Waals surface area (Å²) in [5.74, 6) is 4.03. The number of likely N-dealkylation sites (tertiary alicyclic amines) is 1. The first-order chi connectivity index (χ1) is 11.9. The number of ether oxygens (including phenoxy) is 1. The molecule has 5 nitrogen and oxygen atoms in total. The van der Waals surface area contributed by atoms with Gasteiger partial charge in [-0.05, 0) is 50.8 Å². The van der Waals surface area contributed by atoms with Gasteiger partial charge in [-0.15, -0.1) is 0 Å². The van der Waals surface area contributed by atoms with E-state index in [2.05, 4.69) is 5.43 Å². The third kappa shape index (κ3) is 4.85. The van der Waals surface area contributed by atoms with Gasteiger partial charge >= 0.3 is 12.3 Å². The minimum atomic E-state index is -4.75. The van der Waals surface area contributed by atoms with Gasteiger partial charge in [0.2, 0.25) is 0 Å². The minimum Gasteiger partial charge on any atom is -0.444 e. The molecule has 0 bridgehead atoms. The zero-order valence-corrected chi connectivity index (χ0v) is 14.9. The van der Waals surface area contributed by atoms with Gasteiger partial charge in [-0.1, -0.05) is 6.07 Å². The molecule has 2 rings (SSSR count). The molecule has 1 aromatic carbocycles. The highest BCUT2D eigenvalue weighted by Crippen LogP contribution is 2.35. The van der Waals surface area contributed by atoms with E-state index in [9.17, 15) is 22.4 Å². The third-order valence-electron chi connectivity index (χ3n) is 4.19. The van der Waals surface area contributed by atoms with Gasteiger partial charge in [0.05, 0.1) is 11.6 Å². The van der Waals surface area contributed by atoms with Crippen LogP contribution in [0.25, 0.3) is 0 Å². The molecule has 146 valence electrons. The van der Waals surface area contributed by atoms with Crippen LogP contribution in [0.4, 0.5) is 22.4 Å².